The van der Waals surface area contributed by atoms with Gasteiger partial charge in [0.05, 0.1) is 29.5 Å². The lowest BCUT2D eigenvalue weighted by atomic mass is 10.2. The van der Waals surface area contributed by atoms with Gasteiger partial charge in [0.25, 0.3) is 0 Å². The molecule has 7 heteroatoms. The Morgan fingerprint density at radius 3 is 2.76 bits per heavy atom. The number of halogens is 1. The molecule has 0 aliphatic carbocycles. The summed E-state index contributed by atoms with van der Waals surface area (Å²) in [7, 11) is 0. The molecule has 0 aromatic carbocycles. The first-order valence-electron chi connectivity index (χ1n) is 6.76. The van der Waals surface area contributed by atoms with E-state index in [9.17, 15) is 0 Å². The van der Waals surface area contributed by atoms with Crippen LogP contribution < -0.4 is 4.90 Å². The molecule has 1 aliphatic rings. The van der Waals surface area contributed by atoms with Crippen molar-refractivity contribution >= 4 is 17.4 Å². The van der Waals surface area contributed by atoms with Gasteiger partial charge in [0.2, 0.25) is 0 Å². The lowest BCUT2D eigenvalue weighted by molar-refractivity contribution is 0.195. The van der Waals surface area contributed by atoms with E-state index in [2.05, 4.69) is 26.0 Å². The fourth-order valence-electron chi connectivity index (χ4n) is 2.40. The van der Waals surface area contributed by atoms with E-state index in [1.54, 1.807) is 18.5 Å². The Balaban J connectivity index is 1.58. The number of hydrogen-bond donors (Lipinski definition) is 0. The molecule has 0 unspecified atom stereocenters. The molecule has 108 valence electrons. The van der Waals surface area contributed by atoms with Crippen LogP contribution in [0.5, 0.6) is 0 Å². The number of anilines is 1. The van der Waals surface area contributed by atoms with Gasteiger partial charge in [0.15, 0.2) is 0 Å². The van der Waals surface area contributed by atoms with Crippen LogP contribution in [0.2, 0.25) is 5.02 Å². The van der Waals surface area contributed by atoms with Gasteiger partial charge in [-0.3, -0.25) is 9.58 Å². The summed E-state index contributed by atoms with van der Waals surface area (Å²) in [4.78, 5) is 8.86. The van der Waals surface area contributed by atoms with Crippen LogP contribution in [0.1, 0.15) is 5.56 Å². The Morgan fingerprint density at radius 1 is 1.29 bits per heavy atom. The second-order valence-electron chi connectivity index (χ2n) is 4.96. The van der Waals surface area contributed by atoms with E-state index in [1.807, 2.05) is 16.9 Å². The first-order chi connectivity index (χ1) is 10.2. The van der Waals surface area contributed by atoms with Crippen molar-refractivity contribution in [3.05, 3.63) is 41.3 Å². The van der Waals surface area contributed by atoms with E-state index in [0.717, 1.165) is 38.7 Å². The molecule has 1 saturated heterocycles. The summed E-state index contributed by atoms with van der Waals surface area (Å²) in [5, 5.41) is 13.8. The van der Waals surface area contributed by atoms with Crippen molar-refractivity contribution in [1.29, 1.82) is 5.26 Å². The molecule has 3 heterocycles. The van der Waals surface area contributed by atoms with E-state index >= 15 is 0 Å². The zero-order chi connectivity index (χ0) is 14.7. The quantitative estimate of drug-likeness (QED) is 0.861. The number of piperazine rings is 1. The van der Waals surface area contributed by atoms with Gasteiger partial charge in [-0.15, -0.1) is 0 Å². The molecule has 0 atom stereocenters. The number of nitriles is 1. The predicted molar refractivity (Wildman–Crippen MR) is 80.0 cm³/mol. The van der Waals surface area contributed by atoms with Gasteiger partial charge in [0, 0.05) is 38.6 Å². The van der Waals surface area contributed by atoms with Crippen molar-refractivity contribution in [3.8, 4) is 6.07 Å². The lowest BCUT2D eigenvalue weighted by Crippen LogP contribution is -2.47. The first-order valence-corrected chi connectivity index (χ1v) is 7.14. The minimum atomic E-state index is 0.647. The highest BCUT2D eigenvalue weighted by molar-refractivity contribution is 6.30. The van der Waals surface area contributed by atoms with E-state index < -0.39 is 0 Å². The molecule has 1 aliphatic heterocycles. The molecule has 2 aromatic rings. The summed E-state index contributed by atoms with van der Waals surface area (Å²) in [5.41, 5.74) is 0.647. The normalized spacial score (nSPS) is 15.9. The molecule has 0 radical (unpaired) electrons. The number of aromatic nitrogens is 3. The van der Waals surface area contributed by atoms with Crippen LogP contribution in [0.4, 0.5) is 5.82 Å². The van der Waals surface area contributed by atoms with Crippen molar-refractivity contribution in [3.63, 3.8) is 0 Å². The van der Waals surface area contributed by atoms with Gasteiger partial charge in [-0.2, -0.15) is 10.4 Å². The van der Waals surface area contributed by atoms with E-state index in [0.29, 0.717) is 10.6 Å². The summed E-state index contributed by atoms with van der Waals surface area (Å²) < 4.78 is 1.84. The van der Waals surface area contributed by atoms with Crippen LogP contribution in [0, 0.1) is 11.3 Å². The van der Waals surface area contributed by atoms with Crippen LogP contribution in [-0.4, -0.2) is 45.8 Å². The highest BCUT2D eigenvalue weighted by Crippen LogP contribution is 2.15. The topological polar surface area (TPSA) is 61.0 Å². The van der Waals surface area contributed by atoms with Crippen molar-refractivity contribution in [1.82, 2.24) is 19.7 Å². The summed E-state index contributed by atoms with van der Waals surface area (Å²) in [6, 6.07) is 5.71. The van der Waals surface area contributed by atoms with E-state index in [4.69, 9.17) is 16.9 Å². The monoisotopic (exact) mass is 302 g/mol. The Hall–Kier alpha value is -2.10. The fourth-order valence-corrected chi connectivity index (χ4v) is 2.56. The highest BCUT2D eigenvalue weighted by Gasteiger charge is 2.18. The molecule has 3 rings (SSSR count). The molecule has 21 heavy (non-hydrogen) atoms. The maximum atomic E-state index is 8.94. The standard InChI is InChI=1S/C14H15ClN6/c15-13-9-18-21(10-13)11-19-3-5-20(6-4-19)14-7-12(8-16)1-2-17-14/h1-2,7,9-10H,3-6,11H2. The summed E-state index contributed by atoms with van der Waals surface area (Å²) in [6.07, 6.45) is 5.16. The smallest absolute Gasteiger partial charge is 0.129 e. The maximum Gasteiger partial charge on any atom is 0.129 e. The molecule has 2 aromatic heterocycles. The Morgan fingerprint density at radius 2 is 2.10 bits per heavy atom. The Kier molecular flexibility index (Phi) is 4.04. The highest BCUT2D eigenvalue weighted by atomic mass is 35.5. The van der Waals surface area contributed by atoms with E-state index in [-0.39, 0.29) is 0 Å². The summed E-state index contributed by atoms with van der Waals surface area (Å²) in [6.45, 7) is 4.37. The second-order valence-corrected chi connectivity index (χ2v) is 5.40. The molecule has 0 saturated carbocycles. The molecule has 1 fully saturated rings. The number of hydrogen-bond acceptors (Lipinski definition) is 5. The first kappa shape index (κ1) is 13.9. The van der Waals surface area contributed by atoms with Crippen molar-refractivity contribution in [2.45, 2.75) is 6.67 Å². The molecule has 0 amide bonds. The minimum Gasteiger partial charge on any atom is -0.354 e. The van der Waals surface area contributed by atoms with Gasteiger partial charge in [-0.05, 0) is 12.1 Å². The predicted octanol–water partition coefficient (Wildman–Crippen LogP) is 1.58. The van der Waals surface area contributed by atoms with Crippen LogP contribution in [0.15, 0.2) is 30.7 Å². The average molecular weight is 303 g/mol. The lowest BCUT2D eigenvalue weighted by Gasteiger charge is -2.35. The number of pyridine rings is 1. The zero-order valence-corrected chi connectivity index (χ0v) is 12.2. The van der Waals surface area contributed by atoms with Crippen molar-refractivity contribution in [2.75, 3.05) is 31.1 Å². The van der Waals surface area contributed by atoms with Crippen molar-refractivity contribution < 1.29 is 0 Å². The van der Waals surface area contributed by atoms with Crippen LogP contribution in [0.25, 0.3) is 0 Å². The number of nitrogens with zero attached hydrogens (tertiary/aromatic N) is 6. The molecular weight excluding hydrogens is 288 g/mol. The van der Waals surface area contributed by atoms with Gasteiger partial charge in [-0.1, -0.05) is 11.6 Å². The van der Waals surface area contributed by atoms with E-state index in [1.165, 1.54) is 0 Å². The molecular formula is C14H15ClN6. The van der Waals surface area contributed by atoms with Gasteiger partial charge in [0.1, 0.15) is 5.82 Å². The summed E-state index contributed by atoms with van der Waals surface area (Å²) in [5.74, 6) is 0.871. The Bertz CT molecular complexity index is 653. The maximum absolute atomic E-state index is 8.94. The molecule has 0 N–H and O–H groups in total. The van der Waals surface area contributed by atoms with Crippen LogP contribution >= 0.6 is 11.6 Å². The molecule has 6 nitrogen and oxygen atoms in total. The zero-order valence-electron chi connectivity index (χ0n) is 11.5. The Labute approximate surface area is 128 Å². The van der Waals surface area contributed by atoms with Crippen LogP contribution in [0.3, 0.4) is 0 Å². The van der Waals surface area contributed by atoms with Crippen LogP contribution in [-0.2, 0) is 6.67 Å². The fraction of sp³-hybridized carbons (Fsp3) is 0.357. The van der Waals surface area contributed by atoms with Gasteiger partial charge in [-0.25, -0.2) is 4.98 Å². The molecule has 0 bridgehead atoms. The third-order valence-corrected chi connectivity index (χ3v) is 3.71. The second kappa shape index (κ2) is 6.12. The average Bonchev–Trinajstić information content (AvgIpc) is 2.93. The van der Waals surface area contributed by atoms with Gasteiger partial charge >= 0.3 is 0 Å². The number of rotatable bonds is 3. The largest absolute Gasteiger partial charge is 0.354 e. The summed E-state index contributed by atoms with van der Waals surface area (Å²) >= 11 is 5.87. The SMILES string of the molecule is N#Cc1ccnc(N2CCN(Cn3cc(Cl)cn3)CC2)c1. The third-order valence-electron chi connectivity index (χ3n) is 3.52. The minimum absolute atomic E-state index is 0.647. The van der Waals surface area contributed by atoms with Crippen molar-refractivity contribution in [2.24, 2.45) is 0 Å². The molecule has 0 spiro atoms. The third kappa shape index (κ3) is 3.32. The van der Waals surface area contributed by atoms with Gasteiger partial charge < -0.3 is 4.90 Å².